The molecular formula is C13H23N3O5. The van der Waals surface area contributed by atoms with Gasteiger partial charge in [-0.3, -0.25) is 19.8 Å². The van der Waals surface area contributed by atoms with E-state index in [4.69, 9.17) is 9.84 Å². The Morgan fingerprint density at radius 1 is 1.38 bits per heavy atom. The number of urea groups is 1. The quantitative estimate of drug-likeness (QED) is 0.618. The van der Waals surface area contributed by atoms with Crippen molar-refractivity contribution in [3.8, 4) is 0 Å². The Kier molecular flexibility index (Phi) is 7.10. The van der Waals surface area contributed by atoms with Gasteiger partial charge in [-0.15, -0.1) is 0 Å². The molecule has 1 rings (SSSR count). The van der Waals surface area contributed by atoms with E-state index >= 15 is 0 Å². The van der Waals surface area contributed by atoms with Gasteiger partial charge < -0.3 is 15.2 Å². The number of carbonyl (C=O) groups is 3. The zero-order valence-corrected chi connectivity index (χ0v) is 12.4. The zero-order valence-electron chi connectivity index (χ0n) is 12.4. The second kappa shape index (κ2) is 8.58. The van der Waals surface area contributed by atoms with Crippen molar-refractivity contribution >= 4 is 17.9 Å². The second-order valence-corrected chi connectivity index (χ2v) is 5.45. The summed E-state index contributed by atoms with van der Waals surface area (Å²) in [7, 11) is 0. The Balaban J connectivity index is 2.40. The van der Waals surface area contributed by atoms with E-state index in [1.807, 2.05) is 13.8 Å². The molecule has 0 aliphatic carbocycles. The lowest BCUT2D eigenvalue weighted by molar-refractivity contribution is -0.141. The highest BCUT2D eigenvalue weighted by atomic mass is 16.5. The highest BCUT2D eigenvalue weighted by Crippen LogP contribution is 2.10. The summed E-state index contributed by atoms with van der Waals surface area (Å²) in [5, 5.41) is 13.7. The lowest BCUT2D eigenvalue weighted by Crippen LogP contribution is -2.52. The molecule has 1 aliphatic rings. The van der Waals surface area contributed by atoms with Gasteiger partial charge >= 0.3 is 12.0 Å². The smallest absolute Gasteiger partial charge is 0.321 e. The van der Waals surface area contributed by atoms with Gasteiger partial charge in [-0.2, -0.15) is 0 Å². The van der Waals surface area contributed by atoms with Gasteiger partial charge in [-0.1, -0.05) is 13.8 Å². The molecule has 0 aromatic rings. The van der Waals surface area contributed by atoms with E-state index in [2.05, 4.69) is 10.6 Å². The van der Waals surface area contributed by atoms with Crippen LogP contribution in [0.25, 0.3) is 0 Å². The maximum Gasteiger partial charge on any atom is 0.321 e. The Hall–Kier alpha value is -1.67. The fourth-order valence-electron chi connectivity index (χ4n) is 1.98. The number of rotatable bonds is 6. The minimum Gasteiger partial charge on any atom is -0.481 e. The first-order chi connectivity index (χ1) is 9.88. The SMILES string of the molecule is CC(C)CNC(=O)NC(=O)CN1CCOCC1CC(=O)O. The van der Waals surface area contributed by atoms with Crippen LogP contribution in [0, 0.1) is 5.92 Å². The van der Waals surface area contributed by atoms with Crippen LogP contribution in [-0.4, -0.2) is 66.8 Å². The van der Waals surface area contributed by atoms with Gasteiger partial charge in [-0.25, -0.2) is 4.79 Å². The van der Waals surface area contributed by atoms with Gasteiger partial charge in [-0.05, 0) is 5.92 Å². The fourth-order valence-corrected chi connectivity index (χ4v) is 1.98. The molecule has 0 aromatic heterocycles. The number of carbonyl (C=O) groups excluding carboxylic acids is 2. The molecule has 3 N–H and O–H groups in total. The number of carboxylic acids is 1. The zero-order chi connectivity index (χ0) is 15.8. The molecule has 21 heavy (non-hydrogen) atoms. The summed E-state index contributed by atoms with van der Waals surface area (Å²) < 4.78 is 5.22. The van der Waals surface area contributed by atoms with Crippen LogP contribution in [-0.2, 0) is 14.3 Å². The minimum absolute atomic E-state index is 0.0175. The molecule has 3 amide bonds. The monoisotopic (exact) mass is 301 g/mol. The molecule has 1 atom stereocenters. The number of hydrogen-bond donors (Lipinski definition) is 3. The standard InChI is InChI=1S/C13H23N3O5/c1-9(2)6-14-13(20)15-11(17)7-16-3-4-21-8-10(16)5-12(18)19/h9-10H,3-8H2,1-2H3,(H,18,19)(H2,14,15,17,20). The van der Waals surface area contributed by atoms with Crippen LogP contribution in [0.4, 0.5) is 4.79 Å². The molecule has 8 heteroatoms. The van der Waals surface area contributed by atoms with Crippen LogP contribution in [0.5, 0.6) is 0 Å². The van der Waals surface area contributed by atoms with Gasteiger partial charge in [0.05, 0.1) is 26.2 Å². The summed E-state index contributed by atoms with van der Waals surface area (Å²) >= 11 is 0. The number of ether oxygens (including phenoxy) is 1. The van der Waals surface area contributed by atoms with Gasteiger partial charge in [0.2, 0.25) is 5.91 Å². The van der Waals surface area contributed by atoms with E-state index in [0.29, 0.717) is 25.6 Å². The molecule has 1 saturated heterocycles. The first kappa shape index (κ1) is 17.4. The highest BCUT2D eigenvalue weighted by Gasteiger charge is 2.27. The summed E-state index contributed by atoms with van der Waals surface area (Å²) in [6, 6.07) is -0.877. The molecule has 1 fully saturated rings. The van der Waals surface area contributed by atoms with Crippen molar-refractivity contribution in [1.82, 2.24) is 15.5 Å². The Morgan fingerprint density at radius 2 is 2.10 bits per heavy atom. The third kappa shape index (κ3) is 7.05. The van der Waals surface area contributed by atoms with E-state index in [0.717, 1.165) is 0 Å². The van der Waals surface area contributed by atoms with Crippen molar-refractivity contribution in [2.45, 2.75) is 26.3 Å². The summed E-state index contributed by atoms with van der Waals surface area (Å²) in [4.78, 5) is 35.8. The topological polar surface area (TPSA) is 108 Å². The molecule has 8 nitrogen and oxygen atoms in total. The van der Waals surface area contributed by atoms with Crippen LogP contribution in [0.2, 0.25) is 0 Å². The Morgan fingerprint density at radius 3 is 2.71 bits per heavy atom. The Labute approximate surface area is 123 Å². The summed E-state index contributed by atoms with van der Waals surface area (Å²) in [5.41, 5.74) is 0. The second-order valence-electron chi connectivity index (χ2n) is 5.45. The van der Waals surface area contributed by atoms with Gasteiger partial charge in [0.15, 0.2) is 0 Å². The van der Waals surface area contributed by atoms with Gasteiger partial charge in [0, 0.05) is 19.1 Å². The van der Waals surface area contributed by atoms with Crippen LogP contribution in [0.15, 0.2) is 0 Å². The van der Waals surface area contributed by atoms with E-state index in [9.17, 15) is 14.4 Å². The number of nitrogens with one attached hydrogen (secondary N) is 2. The van der Waals surface area contributed by atoms with Crippen molar-refractivity contribution in [2.24, 2.45) is 5.92 Å². The van der Waals surface area contributed by atoms with E-state index < -0.39 is 17.9 Å². The highest BCUT2D eigenvalue weighted by molar-refractivity contribution is 5.95. The third-order valence-corrected chi connectivity index (χ3v) is 3.03. The van der Waals surface area contributed by atoms with E-state index in [-0.39, 0.29) is 25.6 Å². The molecule has 1 heterocycles. The number of imide groups is 1. The molecular weight excluding hydrogens is 278 g/mol. The number of aliphatic carboxylic acids is 1. The van der Waals surface area contributed by atoms with Crippen LogP contribution in [0.1, 0.15) is 20.3 Å². The molecule has 120 valence electrons. The average molecular weight is 301 g/mol. The van der Waals surface area contributed by atoms with Crippen molar-refractivity contribution < 1.29 is 24.2 Å². The summed E-state index contributed by atoms with van der Waals surface area (Å²) in [5.74, 6) is -1.09. The maximum absolute atomic E-state index is 11.8. The van der Waals surface area contributed by atoms with Crippen molar-refractivity contribution in [3.05, 3.63) is 0 Å². The largest absolute Gasteiger partial charge is 0.481 e. The summed E-state index contributed by atoms with van der Waals surface area (Å²) in [6.07, 6.45) is -0.0905. The predicted octanol–water partition coefficient (Wildman–Crippen LogP) is -0.356. The molecule has 0 aromatic carbocycles. The number of nitrogens with zero attached hydrogens (tertiary/aromatic N) is 1. The van der Waals surface area contributed by atoms with E-state index in [1.165, 1.54) is 0 Å². The van der Waals surface area contributed by atoms with Gasteiger partial charge in [0.1, 0.15) is 0 Å². The number of morpholine rings is 1. The fraction of sp³-hybridized carbons (Fsp3) is 0.769. The molecule has 1 unspecified atom stereocenters. The predicted molar refractivity (Wildman–Crippen MR) is 74.8 cm³/mol. The number of amides is 3. The lowest BCUT2D eigenvalue weighted by Gasteiger charge is -2.34. The lowest BCUT2D eigenvalue weighted by atomic mass is 10.1. The number of carboxylic acid groups (broad SMARTS) is 1. The molecule has 1 aliphatic heterocycles. The average Bonchev–Trinajstić information content (AvgIpc) is 2.38. The van der Waals surface area contributed by atoms with Crippen LogP contribution >= 0.6 is 0 Å². The van der Waals surface area contributed by atoms with Crippen molar-refractivity contribution in [3.63, 3.8) is 0 Å². The normalized spacial score (nSPS) is 19.3. The van der Waals surface area contributed by atoms with E-state index in [1.54, 1.807) is 4.90 Å². The van der Waals surface area contributed by atoms with Crippen LogP contribution < -0.4 is 10.6 Å². The maximum atomic E-state index is 11.8. The summed E-state index contributed by atoms with van der Waals surface area (Å²) in [6.45, 7) is 5.56. The minimum atomic E-state index is -0.939. The first-order valence-electron chi connectivity index (χ1n) is 6.99. The number of hydrogen-bond acceptors (Lipinski definition) is 5. The molecule has 0 bridgehead atoms. The third-order valence-electron chi connectivity index (χ3n) is 3.03. The van der Waals surface area contributed by atoms with Crippen molar-refractivity contribution in [2.75, 3.05) is 32.8 Å². The van der Waals surface area contributed by atoms with Crippen LogP contribution in [0.3, 0.4) is 0 Å². The van der Waals surface area contributed by atoms with Gasteiger partial charge in [0.25, 0.3) is 0 Å². The molecule has 0 radical (unpaired) electrons. The Bertz CT molecular complexity index is 386. The van der Waals surface area contributed by atoms with Crippen molar-refractivity contribution in [1.29, 1.82) is 0 Å². The molecule has 0 saturated carbocycles. The first-order valence-corrected chi connectivity index (χ1v) is 6.99. The molecule has 0 spiro atoms.